The zero-order chi connectivity index (χ0) is 16.2. The van der Waals surface area contributed by atoms with Gasteiger partial charge in [-0.3, -0.25) is 4.79 Å². The number of benzene rings is 1. The van der Waals surface area contributed by atoms with Crippen LogP contribution < -0.4 is 10.1 Å². The van der Waals surface area contributed by atoms with Gasteiger partial charge in [-0.05, 0) is 11.5 Å². The number of hydrogen-bond acceptors (Lipinski definition) is 3. The van der Waals surface area contributed by atoms with E-state index in [2.05, 4.69) is 32.2 Å². The number of methoxy groups -OCH3 is 1. The van der Waals surface area contributed by atoms with Gasteiger partial charge in [0.15, 0.2) is 0 Å². The van der Waals surface area contributed by atoms with Crippen molar-refractivity contribution in [1.29, 1.82) is 0 Å². The topological polar surface area (TPSA) is 41.6 Å². The van der Waals surface area contributed by atoms with Gasteiger partial charge in [-0.2, -0.15) is 0 Å². The van der Waals surface area contributed by atoms with Crippen LogP contribution >= 0.6 is 12.4 Å². The Morgan fingerprint density at radius 3 is 2.74 bits per heavy atom. The van der Waals surface area contributed by atoms with Crippen molar-refractivity contribution in [3.05, 3.63) is 29.8 Å². The molecule has 1 fully saturated rings. The van der Waals surface area contributed by atoms with Gasteiger partial charge < -0.3 is 15.0 Å². The molecule has 1 amide bonds. The minimum Gasteiger partial charge on any atom is -0.496 e. The average molecular weight is 341 g/mol. The van der Waals surface area contributed by atoms with Crippen LogP contribution in [0.15, 0.2) is 24.3 Å². The van der Waals surface area contributed by atoms with E-state index in [0.29, 0.717) is 6.42 Å². The molecule has 1 heterocycles. The second-order valence-electron chi connectivity index (χ2n) is 6.74. The molecule has 1 aromatic rings. The van der Waals surface area contributed by atoms with E-state index in [0.717, 1.165) is 37.4 Å². The molecule has 130 valence electrons. The molecule has 1 atom stereocenters. The number of piperazine rings is 1. The van der Waals surface area contributed by atoms with E-state index in [9.17, 15) is 4.79 Å². The molecule has 0 radical (unpaired) electrons. The maximum absolute atomic E-state index is 12.8. The Bertz CT molecular complexity index is 519. The first kappa shape index (κ1) is 19.8. The Hall–Kier alpha value is -1.26. The number of carbonyl (C=O) groups excluding carboxylic acids is 1. The van der Waals surface area contributed by atoms with E-state index < -0.39 is 0 Å². The molecule has 0 spiro atoms. The smallest absolute Gasteiger partial charge is 0.223 e. The van der Waals surface area contributed by atoms with Gasteiger partial charge in [-0.15, -0.1) is 12.4 Å². The van der Waals surface area contributed by atoms with Crippen molar-refractivity contribution in [2.75, 3.05) is 26.7 Å². The summed E-state index contributed by atoms with van der Waals surface area (Å²) in [5, 5.41) is 3.40. The molecule has 0 aromatic heterocycles. The number of hydrogen-bond donors (Lipinski definition) is 1. The van der Waals surface area contributed by atoms with Crippen LogP contribution in [0.1, 0.15) is 45.2 Å². The summed E-state index contributed by atoms with van der Waals surface area (Å²) in [5.74, 6) is 1.09. The molecule has 4 nitrogen and oxygen atoms in total. The van der Waals surface area contributed by atoms with E-state index in [1.54, 1.807) is 7.11 Å². The number of amides is 1. The molecule has 1 unspecified atom stereocenters. The third-order valence-corrected chi connectivity index (χ3v) is 4.65. The SMILES string of the molecule is CCC(C)(C)CC(=O)N1CCNCC1c1ccccc1OC.Cl. The highest BCUT2D eigenvalue weighted by atomic mass is 35.5. The van der Waals surface area contributed by atoms with Crippen LogP contribution in [-0.4, -0.2) is 37.6 Å². The molecule has 1 N–H and O–H groups in total. The maximum atomic E-state index is 12.8. The molecule has 2 rings (SSSR count). The fourth-order valence-electron chi connectivity index (χ4n) is 2.86. The van der Waals surface area contributed by atoms with Gasteiger partial charge in [0.25, 0.3) is 0 Å². The number of rotatable bonds is 5. The molecule has 0 bridgehead atoms. The van der Waals surface area contributed by atoms with Gasteiger partial charge in [-0.25, -0.2) is 0 Å². The van der Waals surface area contributed by atoms with Crippen molar-refractivity contribution in [2.45, 2.75) is 39.7 Å². The largest absolute Gasteiger partial charge is 0.496 e. The minimum atomic E-state index is 0. The summed E-state index contributed by atoms with van der Waals surface area (Å²) in [5.41, 5.74) is 1.13. The van der Waals surface area contributed by atoms with Crippen LogP contribution in [0.4, 0.5) is 0 Å². The van der Waals surface area contributed by atoms with E-state index in [1.807, 2.05) is 23.1 Å². The number of halogens is 1. The Morgan fingerprint density at radius 2 is 2.09 bits per heavy atom. The standard InChI is InChI=1S/C18H28N2O2.ClH/c1-5-18(2,3)12-17(21)20-11-10-19-13-15(20)14-8-6-7-9-16(14)22-4;/h6-9,15,19H,5,10-13H2,1-4H3;1H. The normalized spacial score (nSPS) is 18.3. The molecule has 5 heteroatoms. The summed E-state index contributed by atoms with van der Waals surface area (Å²) in [7, 11) is 1.68. The van der Waals surface area contributed by atoms with Crippen molar-refractivity contribution in [3.8, 4) is 5.75 Å². The highest BCUT2D eigenvalue weighted by Gasteiger charge is 2.32. The lowest BCUT2D eigenvalue weighted by molar-refractivity contribution is -0.136. The number of para-hydroxylation sites is 1. The van der Waals surface area contributed by atoms with E-state index in [1.165, 1.54) is 0 Å². The highest BCUT2D eigenvalue weighted by molar-refractivity contribution is 5.85. The molecule has 23 heavy (non-hydrogen) atoms. The summed E-state index contributed by atoms with van der Waals surface area (Å²) in [6.07, 6.45) is 1.60. The number of carbonyl (C=O) groups is 1. The lowest BCUT2D eigenvalue weighted by Gasteiger charge is -2.38. The van der Waals surface area contributed by atoms with Crippen LogP contribution in [0.3, 0.4) is 0 Å². The molecule has 1 aromatic carbocycles. The average Bonchev–Trinajstić information content (AvgIpc) is 2.54. The molecular weight excluding hydrogens is 312 g/mol. The van der Waals surface area contributed by atoms with Crippen molar-refractivity contribution in [3.63, 3.8) is 0 Å². The molecule has 1 aliphatic heterocycles. The van der Waals surface area contributed by atoms with Crippen LogP contribution in [0, 0.1) is 5.41 Å². The molecule has 0 aliphatic carbocycles. The summed E-state index contributed by atoms with van der Waals surface area (Å²) < 4.78 is 5.48. The van der Waals surface area contributed by atoms with Gasteiger partial charge in [0.1, 0.15) is 5.75 Å². The summed E-state index contributed by atoms with van der Waals surface area (Å²) in [6, 6.07) is 8.03. The van der Waals surface area contributed by atoms with Crippen molar-refractivity contribution >= 4 is 18.3 Å². The van der Waals surface area contributed by atoms with Crippen LogP contribution in [-0.2, 0) is 4.79 Å². The first-order chi connectivity index (χ1) is 10.5. The van der Waals surface area contributed by atoms with Crippen LogP contribution in [0.25, 0.3) is 0 Å². The maximum Gasteiger partial charge on any atom is 0.223 e. The van der Waals surface area contributed by atoms with Crippen LogP contribution in [0.2, 0.25) is 0 Å². The van der Waals surface area contributed by atoms with Crippen molar-refractivity contribution in [2.24, 2.45) is 5.41 Å². The lowest BCUT2D eigenvalue weighted by Crippen LogP contribution is -2.49. The van der Waals surface area contributed by atoms with Crippen LogP contribution in [0.5, 0.6) is 5.75 Å². The van der Waals surface area contributed by atoms with E-state index >= 15 is 0 Å². The fraction of sp³-hybridized carbons (Fsp3) is 0.611. The van der Waals surface area contributed by atoms with Gasteiger partial charge >= 0.3 is 0 Å². The summed E-state index contributed by atoms with van der Waals surface area (Å²) in [6.45, 7) is 8.84. The Labute approximate surface area is 146 Å². The Morgan fingerprint density at radius 1 is 1.39 bits per heavy atom. The summed E-state index contributed by atoms with van der Waals surface area (Å²) in [4.78, 5) is 14.8. The van der Waals surface area contributed by atoms with E-state index in [-0.39, 0.29) is 29.8 Å². The Balaban J connectivity index is 0.00000264. The monoisotopic (exact) mass is 340 g/mol. The van der Waals surface area contributed by atoms with Crippen molar-refractivity contribution in [1.82, 2.24) is 10.2 Å². The predicted octanol–water partition coefficient (Wildman–Crippen LogP) is 3.42. The number of nitrogens with zero attached hydrogens (tertiary/aromatic N) is 1. The highest BCUT2D eigenvalue weighted by Crippen LogP contribution is 2.33. The molecule has 1 saturated heterocycles. The lowest BCUT2D eigenvalue weighted by atomic mass is 9.85. The Kier molecular flexibility index (Phi) is 7.36. The zero-order valence-corrected chi connectivity index (χ0v) is 15.4. The van der Waals surface area contributed by atoms with Gasteiger partial charge in [0, 0.05) is 31.6 Å². The fourth-order valence-corrected chi connectivity index (χ4v) is 2.86. The van der Waals surface area contributed by atoms with Gasteiger partial charge in [-0.1, -0.05) is 45.4 Å². The first-order valence-electron chi connectivity index (χ1n) is 8.11. The number of nitrogens with one attached hydrogen (secondary N) is 1. The van der Waals surface area contributed by atoms with Crippen molar-refractivity contribution < 1.29 is 9.53 Å². The molecule has 1 aliphatic rings. The van der Waals surface area contributed by atoms with Gasteiger partial charge in [0.05, 0.1) is 13.2 Å². The third kappa shape index (κ3) is 4.85. The number of ether oxygens (including phenoxy) is 1. The minimum absolute atomic E-state index is 0. The van der Waals surface area contributed by atoms with Gasteiger partial charge in [0.2, 0.25) is 5.91 Å². The van der Waals surface area contributed by atoms with E-state index in [4.69, 9.17) is 4.74 Å². The summed E-state index contributed by atoms with van der Waals surface area (Å²) >= 11 is 0. The molecule has 0 saturated carbocycles. The second kappa shape index (κ2) is 8.55. The zero-order valence-electron chi connectivity index (χ0n) is 14.6. The third-order valence-electron chi connectivity index (χ3n) is 4.65. The second-order valence-corrected chi connectivity index (χ2v) is 6.74. The quantitative estimate of drug-likeness (QED) is 0.893. The predicted molar refractivity (Wildman–Crippen MR) is 96.3 cm³/mol. The first-order valence-corrected chi connectivity index (χ1v) is 8.11. The molecular formula is C18H29ClN2O2.